The standard InChI is InChI=1S/C10H20N2O4/c1-10(2,3)12(11-7-9(15)16)6-4-5-8(13)14/h11H,4-7H2,1-3H3,(H,13,14)(H,15,16). The first-order chi connectivity index (χ1) is 7.23. The van der Waals surface area contributed by atoms with Crippen LogP contribution >= 0.6 is 0 Å². The average molecular weight is 232 g/mol. The smallest absolute Gasteiger partial charge is 0.318 e. The van der Waals surface area contributed by atoms with Crippen molar-refractivity contribution in [3.05, 3.63) is 0 Å². The minimum Gasteiger partial charge on any atom is -0.481 e. The molecule has 0 saturated heterocycles. The molecule has 94 valence electrons. The molecule has 0 aromatic heterocycles. The van der Waals surface area contributed by atoms with E-state index in [2.05, 4.69) is 5.43 Å². The van der Waals surface area contributed by atoms with Crippen molar-refractivity contribution in [3.8, 4) is 0 Å². The number of hydrogen-bond donors (Lipinski definition) is 3. The Morgan fingerprint density at radius 2 is 1.75 bits per heavy atom. The Labute approximate surface area is 95.2 Å². The number of hydrogen-bond acceptors (Lipinski definition) is 4. The lowest BCUT2D eigenvalue weighted by Crippen LogP contribution is -2.52. The Bertz CT molecular complexity index is 248. The minimum absolute atomic E-state index is 0.0847. The first-order valence-electron chi connectivity index (χ1n) is 5.18. The second-order valence-electron chi connectivity index (χ2n) is 4.55. The van der Waals surface area contributed by atoms with Crippen LogP contribution < -0.4 is 5.43 Å². The van der Waals surface area contributed by atoms with Crippen molar-refractivity contribution in [1.29, 1.82) is 0 Å². The van der Waals surface area contributed by atoms with Gasteiger partial charge >= 0.3 is 11.9 Å². The zero-order valence-electron chi connectivity index (χ0n) is 9.99. The molecule has 6 nitrogen and oxygen atoms in total. The van der Waals surface area contributed by atoms with E-state index < -0.39 is 11.9 Å². The van der Waals surface area contributed by atoms with Crippen molar-refractivity contribution in [3.63, 3.8) is 0 Å². The number of carboxylic acids is 2. The Kier molecular flexibility index (Phi) is 5.98. The Hall–Kier alpha value is -1.14. The van der Waals surface area contributed by atoms with E-state index >= 15 is 0 Å². The lowest BCUT2D eigenvalue weighted by Gasteiger charge is -2.35. The van der Waals surface area contributed by atoms with E-state index in [1.54, 1.807) is 5.01 Å². The first kappa shape index (κ1) is 14.9. The lowest BCUT2D eigenvalue weighted by molar-refractivity contribution is -0.139. The van der Waals surface area contributed by atoms with Gasteiger partial charge in [-0.15, -0.1) is 0 Å². The third-order valence-electron chi connectivity index (χ3n) is 2.00. The Morgan fingerprint density at radius 1 is 1.19 bits per heavy atom. The van der Waals surface area contributed by atoms with Crippen LogP contribution in [0.5, 0.6) is 0 Å². The van der Waals surface area contributed by atoms with Crippen LogP contribution in [-0.4, -0.2) is 45.8 Å². The van der Waals surface area contributed by atoms with Crippen LogP contribution in [0.2, 0.25) is 0 Å². The summed E-state index contributed by atoms with van der Waals surface area (Å²) in [7, 11) is 0. The molecular weight excluding hydrogens is 212 g/mol. The molecule has 0 rings (SSSR count). The molecule has 0 bridgehead atoms. The maximum atomic E-state index is 10.4. The van der Waals surface area contributed by atoms with Gasteiger partial charge in [-0.1, -0.05) is 0 Å². The van der Waals surface area contributed by atoms with Gasteiger partial charge < -0.3 is 10.2 Å². The normalized spacial score (nSPS) is 11.8. The van der Waals surface area contributed by atoms with Crippen LogP contribution in [-0.2, 0) is 9.59 Å². The van der Waals surface area contributed by atoms with E-state index in [4.69, 9.17) is 10.2 Å². The van der Waals surface area contributed by atoms with Gasteiger partial charge in [-0.3, -0.25) is 9.59 Å². The van der Waals surface area contributed by atoms with Gasteiger partial charge in [0.2, 0.25) is 0 Å². The van der Waals surface area contributed by atoms with E-state index in [0.29, 0.717) is 13.0 Å². The van der Waals surface area contributed by atoms with Crippen molar-refractivity contribution in [2.75, 3.05) is 13.1 Å². The van der Waals surface area contributed by atoms with Crippen LogP contribution in [0.25, 0.3) is 0 Å². The molecule has 0 radical (unpaired) electrons. The molecule has 16 heavy (non-hydrogen) atoms. The molecule has 0 aliphatic rings. The fourth-order valence-electron chi connectivity index (χ4n) is 1.20. The van der Waals surface area contributed by atoms with E-state index in [0.717, 1.165) is 0 Å². The summed E-state index contributed by atoms with van der Waals surface area (Å²) < 4.78 is 0. The van der Waals surface area contributed by atoms with Gasteiger partial charge in [0.25, 0.3) is 0 Å². The topological polar surface area (TPSA) is 89.9 Å². The molecule has 6 heteroatoms. The predicted molar refractivity (Wildman–Crippen MR) is 59.0 cm³/mol. The summed E-state index contributed by atoms with van der Waals surface area (Å²) in [5.74, 6) is -1.78. The number of aliphatic carboxylic acids is 2. The molecular formula is C10H20N2O4. The van der Waals surface area contributed by atoms with Gasteiger partial charge in [-0.2, -0.15) is 0 Å². The van der Waals surface area contributed by atoms with Gasteiger partial charge in [0.15, 0.2) is 0 Å². The Morgan fingerprint density at radius 3 is 2.12 bits per heavy atom. The van der Waals surface area contributed by atoms with Crippen LogP contribution in [0.1, 0.15) is 33.6 Å². The SMILES string of the molecule is CC(C)(C)N(CCCC(=O)O)NCC(=O)O. The largest absolute Gasteiger partial charge is 0.481 e. The van der Waals surface area contributed by atoms with Crippen LogP contribution in [0.3, 0.4) is 0 Å². The van der Waals surface area contributed by atoms with Gasteiger partial charge in [0.1, 0.15) is 6.54 Å². The number of rotatable bonds is 7. The van der Waals surface area contributed by atoms with Crippen LogP contribution in [0.4, 0.5) is 0 Å². The van der Waals surface area contributed by atoms with Crippen LogP contribution in [0, 0.1) is 0 Å². The molecule has 3 N–H and O–H groups in total. The van der Waals surface area contributed by atoms with Gasteiger partial charge in [-0.05, 0) is 27.2 Å². The van der Waals surface area contributed by atoms with Crippen molar-refractivity contribution in [1.82, 2.24) is 10.4 Å². The summed E-state index contributed by atoms with van der Waals surface area (Å²) in [6, 6.07) is 0. The highest BCUT2D eigenvalue weighted by Crippen LogP contribution is 2.11. The summed E-state index contributed by atoms with van der Waals surface area (Å²) in [6.07, 6.45) is 0.570. The molecule has 0 saturated carbocycles. The van der Waals surface area contributed by atoms with Gasteiger partial charge in [0.05, 0.1) is 0 Å². The van der Waals surface area contributed by atoms with Crippen molar-refractivity contribution < 1.29 is 19.8 Å². The number of hydrazine groups is 1. The fourth-order valence-corrected chi connectivity index (χ4v) is 1.20. The summed E-state index contributed by atoms with van der Waals surface area (Å²) in [6.45, 7) is 6.14. The Balaban J connectivity index is 4.11. The second kappa shape index (κ2) is 6.44. The van der Waals surface area contributed by atoms with E-state index in [1.807, 2.05) is 20.8 Å². The zero-order chi connectivity index (χ0) is 12.8. The number of nitrogens with one attached hydrogen (secondary N) is 1. The molecule has 0 aromatic rings. The maximum absolute atomic E-state index is 10.4. The molecule has 0 heterocycles. The third-order valence-corrected chi connectivity index (χ3v) is 2.00. The van der Waals surface area contributed by atoms with Crippen molar-refractivity contribution in [2.45, 2.75) is 39.2 Å². The maximum Gasteiger partial charge on any atom is 0.318 e. The molecule has 0 spiro atoms. The van der Waals surface area contributed by atoms with E-state index in [9.17, 15) is 9.59 Å². The minimum atomic E-state index is -0.938. The summed E-state index contributed by atoms with van der Waals surface area (Å²) in [4.78, 5) is 20.8. The summed E-state index contributed by atoms with van der Waals surface area (Å²) in [5.41, 5.74) is 2.53. The highest BCUT2D eigenvalue weighted by molar-refractivity contribution is 5.68. The second-order valence-corrected chi connectivity index (χ2v) is 4.55. The highest BCUT2D eigenvalue weighted by Gasteiger charge is 2.21. The quantitative estimate of drug-likeness (QED) is 0.555. The van der Waals surface area contributed by atoms with Gasteiger partial charge in [-0.25, -0.2) is 10.4 Å². The summed E-state index contributed by atoms with van der Waals surface area (Å²) in [5, 5.41) is 18.8. The summed E-state index contributed by atoms with van der Waals surface area (Å²) >= 11 is 0. The molecule has 0 fully saturated rings. The molecule has 0 unspecified atom stereocenters. The monoisotopic (exact) mass is 232 g/mol. The van der Waals surface area contributed by atoms with E-state index in [1.165, 1.54) is 0 Å². The molecule has 0 aliphatic heterocycles. The molecule has 0 aromatic carbocycles. The number of nitrogens with zero attached hydrogens (tertiary/aromatic N) is 1. The van der Waals surface area contributed by atoms with Crippen molar-refractivity contribution >= 4 is 11.9 Å². The highest BCUT2D eigenvalue weighted by atomic mass is 16.4. The third kappa shape index (κ3) is 7.19. The fraction of sp³-hybridized carbons (Fsp3) is 0.800. The average Bonchev–Trinajstić information content (AvgIpc) is 2.07. The van der Waals surface area contributed by atoms with Crippen molar-refractivity contribution in [2.24, 2.45) is 0 Å². The lowest BCUT2D eigenvalue weighted by atomic mass is 10.1. The molecule has 0 aliphatic carbocycles. The zero-order valence-corrected chi connectivity index (χ0v) is 9.99. The predicted octanol–water partition coefficient (Wildman–Crippen LogP) is 0.541. The number of carbonyl (C=O) groups is 2. The number of carboxylic acid groups (broad SMARTS) is 2. The first-order valence-corrected chi connectivity index (χ1v) is 5.18. The van der Waals surface area contributed by atoms with Gasteiger partial charge in [0, 0.05) is 18.5 Å². The molecule has 0 atom stereocenters. The molecule has 0 amide bonds. The van der Waals surface area contributed by atoms with E-state index in [-0.39, 0.29) is 18.5 Å². The van der Waals surface area contributed by atoms with Crippen LogP contribution in [0.15, 0.2) is 0 Å².